The summed E-state index contributed by atoms with van der Waals surface area (Å²) in [5.74, 6) is -0.422. The van der Waals surface area contributed by atoms with Crippen LogP contribution in [-0.2, 0) is 11.2 Å². The highest BCUT2D eigenvalue weighted by Crippen LogP contribution is 2.32. The predicted molar refractivity (Wildman–Crippen MR) is 76.8 cm³/mol. The Balaban J connectivity index is 1.81. The lowest BCUT2D eigenvalue weighted by Crippen LogP contribution is -2.17. The molecule has 4 heteroatoms. The Bertz CT molecular complexity index is 642. The number of halogens is 1. The molecule has 0 spiro atoms. The van der Waals surface area contributed by atoms with E-state index in [2.05, 4.69) is 11.1 Å². The molecule has 20 heavy (non-hydrogen) atoms. The Hall–Kier alpha value is -1.87. The Labute approximate surface area is 122 Å². The van der Waals surface area contributed by atoms with Crippen LogP contribution in [0.3, 0.4) is 0 Å². The minimum absolute atomic E-state index is 0.187. The van der Waals surface area contributed by atoms with Crippen molar-refractivity contribution in [3.8, 4) is 0 Å². The molecule has 3 rings (SSSR count). The zero-order valence-electron chi connectivity index (χ0n) is 10.9. The SMILES string of the molecule is O=C(OC1CCCc2ccccc21)c1cc(Cl)ccn1. The molecular weight excluding hydrogens is 274 g/mol. The molecule has 1 aromatic carbocycles. The summed E-state index contributed by atoms with van der Waals surface area (Å²) < 4.78 is 5.60. The number of carbonyl (C=O) groups excluding carboxylic acids is 1. The molecule has 0 saturated heterocycles. The molecule has 102 valence electrons. The third-order valence-electron chi connectivity index (χ3n) is 3.49. The van der Waals surface area contributed by atoms with E-state index in [1.54, 1.807) is 6.07 Å². The van der Waals surface area contributed by atoms with Gasteiger partial charge in [0.1, 0.15) is 11.8 Å². The van der Waals surface area contributed by atoms with Gasteiger partial charge in [0.25, 0.3) is 0 Å². The van der Waals surface area contributed by atoms with Crippen LogP contribution in [-0.4, -0.2) is 11.0 Å². The van der Waals surface area contributed by atoms with Crippen molar-refractivity contribution in [1.29, 1.82) is 0 Å². The van der Waals surface area contributed by atoms with Crippen molar-refractivity contribution in [2.24, 2.45) is 0 Å². The first kappa shape index (κ1) is 13.1. The second kappa shape index (κ2) is 5.63. The maximum atomic E-state index is 12.1. The van der Waals surface area contributed by atoms with Gasteiger partial charge in [0.2, 0.25) is 0 Å². The highest BCUT2D eigenvalue weighted by atomic mass is 35.5. The zero-order valence-corrected chi connectivity index (χ0v) is 11.6. The second-order valence-electron chi connectivity index (χ2n) is 4.84. The lowest BCUT2D eigenvalue weighted by Gasteiger charge is -2.25. The van der Waals surface area contributed by atoms with Crippen molar-refractivity contribution >= 4 is 17.6 Å². The number of rotatable bonds is 2. The monoisotopic (exact) mass is 287 g/mol. The highest BCUT2D eigenvalue weighted by Gasteiger charge is 2.24. The van der Waals surface area contributed by atoms with E-state index in [1.165, 1.54) is 17.8 Å². The number of aromatic nitrogens is 1. The Morgan fingerprint density at radius 3 is 3.00 bits per heavy atom. The van der Waals surface area contributed by atoms with Gasteiger partial charge in [0.15, 0.2) is 0 Å². The van der Waals surface area contributed by atoms with Crippen LogP contribution in [0.5, 0.6) is 0 Å². The summed E-state index contributed by atoms with van der Waals surface area (Å²) in [5.41, 5.74) is 2.62. The van der Waals surface area contributed by atoms with Gasteiger partial charge in [-0.15, -0.1) is 0 Å². The molecule has 1 aromatic heterocycles. The molecule has 0 amide bonds. The summed E-state index contributed by atoms with van der Waals surface area (Å²) in [6.07, 6.45) is 4.24. The van der Waals surface area contributed by atoms with Crippen molar-refractivity contribution in [3.05, 3.63) is 64.4 Å². The molecule has 0 N–H and O–H groups in total. The number of fused-ring (bicyclic) bond motifs is 1. The van der Waals surface area contributed by atoms with Crippen molar-refractivity contribution in [2.75, 3.05) is 0 Å². The fourth-order valence-electron chi connectivity index (χ4n) is 2.54. The third kappa shape index (κ3) is 2.68. The van der Waals surface area contributed by atoms with Crippen molar-refractivity contribution in [1.82, 2.24) is 4.98 Å². The zero-order chi connectivity index (χ0) is 13.9. The van der Waals surface area contributed by atoms with E-state index in [9.17, 15) is 4.79 Å². The largest absolute Gasteiger partial charge is 0.453 e. The van der Waals surface area contributed by atoms with E-state index < -0.39 is 5.97 Å². The predicted octanol–water partition coefficient (Wildman–Crippen LogP) is 3.97. The molecule has 2 aromatic rings. The van der Waals surface area contributed by atoms with Gasteiger partial charge in [-0.3, -0.25) is 0 Å². The van der Waals surface area contributed by atoms with E-state index in [0.717, 1.165) is 24.8 Å². The quantitative estimate of drug-likeness (QED) is 0.785. The lowest BCUT2D eigenvalue weighted by atomic mass is 9.89. The number of pyridine rings is 1. The first-order valence-corrected chi connectivity index (χ1v) is 7.02. The van der Waals surface area contributed by atoms with Gasteiger partial charge in [-0.1, -0.05) is 35.9 Å². The fraction of sp³-hybridized carbons (Fsp3) is 0.250. The number of hydrogen-bond acceptors (Lipinski definition) is 3. The minimum Gasteiger partial charge on any atom is -0.453 e. The Kier molecular flexibility index (Phi) is 3.70. The van der Waals surface area contributed by atoms with E-state index in [0.29, 0.717) is 5.02 Å². The summed E-state index contributed by atoms with van der Waals surface area (Å²) in [4.78, 5) is 16.1. The Morgan fingerprint density at radius 2 is 2.15 bits per heavy atom. The van der Waals surface area contributed by atoms with Crippen LogP contribution in [0.15, 0.2) is 42.6 Å². The maximum Gasteiger partial charge on any atom is 0.357 e. The van der Waals surface area contributed by atoms with E-state index in [1.807, 2.05) is 18.2 Å². The van der Waals surface area contributed by atoms with Crippen LogP contribution in [0, 0.1) is 0 Å². The molecule has 0 radical (unpaired) electrons. The molecular formula is C16H14ClNO2. The standard InChI is InChI=1S/C16H14ClNO2/c17-12-8-9-18-14(10-12)16(19)20-15-7-3-5-11-4-1-2-6-13(11)15/h1-2,4,6,8-10,15H,3,5,7H2. The number of benzene rings is 1. The molecule has 1 aliphatic rings. The van der Waals surface area contributed by atoms with Crippen LogP contribution < -0.4 is 0 Å². The second-order valence-corrected chi connectivity index (χ2v) is 5.28. The maximum absolute atomic E-state index is 12.1. The first-order valence-electron chi connectivity index (χ1n) is 6.64. The van der Waals surface area contributed by atoms with E-state index >= 15 is 0 Å². The Morgan fingerprint density at radius 1 is 1.30 bits per heavy atom. The van der Waals surface area contributed by atoms with Gasteiger partial charge in [0, 0.05) is 11.2 Å². The average molecular weight is 288 g/mol. The normalized spacial score (nSPS) is 17.4. The van der Waals surface area contributed by atoms with Crippen molar-refractivity contribution in [2.45, 2.75) is 25.4 Å². The summed E-state index contributed by atoms with van der Waals surface area (Å²) in [5, 5.41) is 0.482. The third-order valence-corrected chi connectivity index (χ3v) is 3.73. The molecule has 0 bridgehead atoms. The molecule has 0 fully saturated rings. The summed E-state index contributed by atoms with van der Waals surface area (Å²) in [6, 6.07) is 11.3. The van der Waals surface area contributed by atoms with Crippen molar-refractivity contribution < 1.29 is 9.53 Å². The molecule has 1 unspecified atom stereocenters. The van der Waals surface area contributed by atoms with Crippen LogP contribution >= 0.6 is 11.6 Å². The van der Waals surface area contributed by atoms with Gasteiger partial charge in [-0.2, -0.15) is 0 Å². The molecule has 1 aliphatic carbocycles. The number of hydrogen-bond donors (Lipinski definition) is 0. The number of carbonyl (C=O) groups is 1. The summed E-state index contributed by atoms with van der Waals surface area (Å²) >= 11 is 5.86. The molecule has 1 heterocycles. The number of nitrogens with zero attached hydrogens (tertiary/aromatic N) is 1. The minimum atomic E-state index is -0.422. The number of aryl methyl sites for hydroxylation is 1. The van der Waals surface area contributed by atoms with E-state index in [4.69, 9.17) is 16.3 Å². The van der Waals surface area contributed by atoms with Crippen molar-refractivity contribution in [3.63, 3.8) is 0 Å². The number of esters is 1. The summed E-state index contributed by atoms with van der Waals surface area (Å²) in [6.45, 7) is 0. The van der Waals surface area contributed by atoms with Gasteiger partial charge >= 0.3 is 5.97 Å². The summed E-state index contributed by atoms with van der Waals surface area (Å²) in [7, 11) is 0. The average Bonchev–Trinajstić information content (AvgIpc) is 2.47. The topological polar surface area (TPSA) is 39.2 Å². The highest BCUT2D eigenvalue weighted by molar-refractivity contribution is 6.30. The van der Waals surface area contributed by atoms with Gasteiger partial charge in [-0.25, -0.2) is 9.78 Å². The van der Waals surface area contributed by atoms with Gasteiger partial charge < -0.3 is 4.74 Å². The molecule has 0 saturated carbocycles. The lowest BCUT2D eigenvalue weighted by molar-refractivity contribution is 0.0249. The molecule has 1 atom stereocenters. The number of ether oxygens (including phenoxy) is 1. The van der Waals surface area contributed by atoms with E-state index in [-0.39, 0.29) is 11.8 Å². The van der Waals surface area contributed by atoms with Crippen LogP contribution in [0.1, 0.15) is 40.6 Å². The fourth-order valence-corrected chi connectivity index (χ4v) is 2.70. The smallest absolute Gasteiger partial charge is 0.357 e. The van der Waals surface area contributed by atoms with Crippen LogP contribution in [0.2, 0.25) is 5.02 Å². The first-order chi connectivity index (χ1) is 9.74. The molecule has 0 aliphatic heterocycles. The molecule has 3 nitrogen and oxygen atoms in total. The van der Waals surface area contributed by atoms with Crippen LogP contribution in [0.4, 0.5) is 0 Å². The van der Waals surface area contributed by atoms with Gasteiger partial charge in [0.05, 0.1) is 0 Å². The van der Waals surface area contributed by atoms with Crippen LogP contribution in [0.25, 0.3) is 0 Å². The van der Waals surface area contributed by atoms with Gasteiger partial charge in [-0.05, 0) is 42.5 Å².